The molecule has 1 amide bonds. The zero-order valence-electron chi connectivity index (χ0n) is 13.0. The number of rotatable bonds is 5. The Labute approximate surface area is 143 Å². The van der Waals surface area contributed by atoms with E-state index >= 15 is 0 Å². The van der Waals surface area contributed by atoms with Gasteiger partial charge in [-0.3, -0.25) is 9.78 Å². The number of aromatic nitrogens is 3. The van der Waals surface area contributed by atoms with Crippen LogP contribution in [0.3, 0.4) is 0 Å². The van der Waals surface area contributed by atoms with E-state index in [4.69, 9.17) is 16.0 Å². The van der Waals surface area contributed by atoms with Gasteiger partial charge in [-0.2, -0.15) is 0 Å². The smallest absolute Gasteiger partial charge is 0.266 e. The first-order valence-corrected chi connectivity index (χ1v) is 7.79. The minimum Gasteiger partial charge on any atom is -0.419 e. The van der Waals surface area contributed by atoms with Crippen molar-refractivity contribution in [1.82, 2.24) is 15.2 Å². The van der Waals surface area contributed by atoms with Gasteiger partial charge in [0.25, 0.3) is 5.89 Å². The van der Waals surface area contributed by atoms with E-state index in [2.05, 4.69) is 20.5 Å². The predicted molar refractivity (Wildman–Crippen MR) is 90.7 cm³/mol. The van der Waals surface area contributed by atoms with Gasteiger partial charge in [0.1, 0.15) is 5.69 Å². The van der Waals surface area contributed by atoms with Gasteiger partial charge in [-0.15, -0.1) is 10.2 Å². The zero-order chi connectivity index (χ0) is 16.9. The fraction of sp³-hybridized carbons (Fsp3) is 0.176. The molecule has 0 aliphatic heterocycles. The monoisotopic (exact) mass is 342 g/mol. The first kappa shape index (κ1) is 16.1. The second kappa shape index (κ2) is 7.23. The van der Waals surface area contributed by atoms with E-state index in [9.17, 15) is 4.79 Å². The Balaban J connectivity index is 1.56. The Bertz CT molecular complexity index is 849. The summed E-state index contributed by atoms with van der Waals surface area (Å²) in [7, 11) is 0. The highest BCUT2D eigenvalue weighted by Crippen LogP contribution is 2.20. The molecule has 1 aromatic carbocycles. The number of halogens is 1. The van der Waals surface area contributed by atoms with Crippen LogP contribution in [0.15, 0.2) is 47.0 Å². The molecule has 7 heteroatoms. The summed E-state index contributed by atoms with van der Waals surface area (Å²) in [6.45, 7) is 1.91. The molecule has 0 aliphatic rings. The molecule has 0 fully saturated rings. The van der Waals surface area contributed by atoms with Crippen LogP contribution in [0, 0.1) is 6.92 Å². The SMILES string of the molecule is Cc1ccc(NC(=O)CCc2nnc(-c3ccccn3)o2)cc1Cl. The average molecular weight is 343 g/mol. The summed E-state index contributed by atoms with van der Waals surface area (Å²) in [5.41, 5.74) is 2.23. The molecule has 2 heterocycles. The number of aryl methyl sites for hydroxylation is 2. The third kappa shape index (κ3) is 3.97. The molecule has 3 aromatic rings. The van der Waals surface area contributed by atoms with Gasteiger partial charge in [0, 0.05) is 29.7 Å². The van der Waals surface area contributed by atoms with Crippen molar-refractivity contribution < 1.29 is 9.21 Å². The number of nitrogens with zero attached hydrogens (tertiary/aromatic N) is 3. The molecule has 0 unspecified atom stereocenters. The van der Waals surface area contributed by atoms with Crippen LogP contribution >= 0.6 is 11.6 Å². The van der Waals surface area contributed by atoms with Crippen molar-refractivity contribution >= 4 is 23.2 Å². The second-order valence-electron chi connectivity index (χ2n) is 5.23. The van der Waals surface area contributed by atoms with Crippen molar-refractivity contribution in [3.63, 3.8) is 0 Å². The van der Waals surface area contributed by atoms with Crippen molar-refractivity contribution in [2.45, 2.75) is 19.8 Å². The van der Waals surface area contributed by atoms with Crippen LogP contribution in [0.4, 0.5) is 5.69 Å². The maximum Gasteiger partial charge on any atom is 0.266 e. The Kier molecular flexibility index (Phi) is 4.86. The van der Waals surface area contributed by atoms with E-state index in [1.807, 2.05) is 31.2 Å². The van der Waals surface area contributed by atoms with E-state index < -0.39 is 0 Å². The maximum atomic E-state index is 12.0. The van der Waals surface area contributed by atoms with E-state index in [0.717, 1.165) is 5.56 Å². The molecular weight excluding hydrogens is 328 g/mol. The third-order valence-electron chi connectivity index (χ3n) is 3.37. The van der Waals surface area contributed by atoms with Crippen LogP contribution in [0.25, 0.3) is 11.6 Å². The molecule has 0 radical (unpaired) electrons. The minimum absolute atomic E-state index is 0.146. The molecule has 3 rings (SSSR count). The molecule has 0 spiro atoms. The van der Waals surface area contributed by atoms with Gasteiger partial charge in [0.15, 0.2) is 0 Å². The molecule has 1 N–H and O–H groups in total. The second-order valence-corrected chi connectivity index (χ2v) is 5.64. The number of carbonyl (C=O) groups is 1. The molecule has 2 aromatic heterocycles. The normalized spacial score (nSPS) is 10.6. The summed E-state index contributed by atoms with van der Waals surface area (Å²) in [5.74, 6) is 0.594. The van der Waals surface area contributed by atoms with Crippen LogP contribution in [-0.2, 0) is 11.2 Å². The highest BCUT2D eigenvalue weighted by molar-refractivity contribution is 6.31. The van der Waals surface area contributed by atoms with Crippen molar-refractivity contribution in [2.24, 2.45) is 0 Å². The first-order valence-electron chi connectivity index (χ1n) is 7.41. The molecule has 0 bridgehead atoms. The van der Waals surface area contributed by atoms with E-state index in [1.54, 1.807) is 18.3 Å². The minimum atomic E-state index is -0.146. The van der Waals surface area contributed by atoms with Gasteiger partial charge in [-0.1, -0.05) is 23.7 Å². The molecule has 6 nitrogen and oxygen atoms in total. The summed E-state index contributed by atoms with van der Waals surface area (Å²) in [5, 5.41) is 11.3. The van der Waals surface area contributed by atoms with E-state index in [-0.39, 0.29) is 12.3 Å². The summed E-state index contributed by atoms with van der Waals surface area (Å²) < 4.78 is 5.52. The predicted octanol–water partition coefficient (Wildman–Crippen LogP) is 3.66. The van der Waals surface area contributed by atoms with E-state index in [0.29, 0.717) is 34.6 Å². The Morgan fingerprint density at radius 2 is 2.12 bits per heavy atom. The Hall–Kier alpha value is -2.73. The number of pyridine rings is 1. The number of hydrogen-bond donors (Lipinski definition) is 1. The van der Waals surface area contributed by atoms with Crippen LogP contribution in [0.5, 0.6) is 0 Å². The van der Waals surface area contributed by atoms with Gasteiger partial charge < -0.3 is 9.73 Å². The maximum absolute atomic E-state index is 12.0. The van der Waals surface area contributed by atoms with Gasteiger partial charge in [-0.05, 0) is 36.8 Å². The highest BCUT2D eigenvalue weighted by Gasteiger charge is 2.11. The quantitative estimate of drug-likeness (QED) is 0.765. The van der Waals surface area contributed by atoms with Gasteiger partial charge in [-0.25, -0.2) is 0 Å². The molecule has 122 valence electrons. The van der Waals surface area contributed by atoms with Crippen LogP contribution < -0.4 is 5.32 Å². The van der Waals surface area contributed by atoms with Gasteiger partial charge >= 0.3 is 0 Å². The number of benzene rings is 1. The topological polar surface area (TPSA) is 80.9 Å². The lowest BCUT2D eigenvalue weighted by Gasteiger charge is -2.06. The standard InChI is InChI=1S/C17H15ClN4O2/c1-11-5-6-12(10-13(11)18)20-15(23)7-8-16-21-22-17(24-16)14-4-2-3-9-19-14/h2-6,9-10H,7-8H2,1H3,(H,20,23). The first-order chi connectivity index (χ1) is 11.6. The number of nitrogens with one attached hydrogen (secondary N) is 1. The molecule has 0 saturated carbocycles. The Morgan fingerprint density at radius 1 is 1.25 bits per heavy atom. The van der Waals surface area contributed by atoms with Crippen LogP contribution in [0.2, 0.25) is 5.02 Å². The number of hydrogen-bond acceptors (Lipinski definition) is 5. The molecule has 24 heavy (non-hydrogen) atoms. The zero-order valence-corrected chi connectivity index (χ0v) is 13.7. The van der Waals surface area contributed by atoms with Crippen LogP contribution in [0.1, 0.15) is 17.9 Å². The lowest BCUT2D eigenvalue weighted by atomic mass is 10.2. The fourth-order valence-electron chi connectivity index (χ4n) is 2.06. The molecule has 0 aliphatic carbocycles. The average Bonchev–Trinajstić information content (AvgIpc) is 3.06. The van der Waals surface area contributed by atoms with Crippen LogP contribution in [-0.4, -0.2) is 21.1 Å². The fourth-order valence-corrected chi connectivity index (χ4v) is 2.24. The van der Waals surface area contributed by atoms with E-state index in [1.165, 1.54) is 0 Å². The highest BCUT2D eigenvalue weighted by atomic mass is 35.5. The Morgan fingerprint density at radius 3 is 2.88 bits per heavy atom. The van der Waals surface area contributed by atoms with Gasteiger partial charge in [0.2, 0.25) is 11.8 Å². The molecule has 0 saturated heterocycles. The summed E-state index contributed by atoms with van der Waals surface area (Å²) in [4.78, 5) is 16.1. The lowest BCUT2D eigenvalue weighted by molar-refractivity contribution is -0.116. The van der Waals surface area contributed by atoms with Crippen molar-refractivity contribution in [2.75, 3.05) is 5.32 Å². The van der Waals surface area contributed by atoms with Gasteiger partial charge in [0.05, 0.1) is 0 Å². The summed E-state index contributed by atoms with van der Waals surface area (Å²) in [6.07, 6.45) is 2.24. The molecule has 0 atom stereocenters. The number of anilines is 1. The summed E-state index contributed by atoms with van der Waals surface area (Å²) >= 11 is 6.04. The summed E-state index contributed by atoms with van der Waals surface area (Å²) in [6, 6.07) is 10.8. The third-order valence-corrected chi connectivity index (χ3v) is 3.78. The number of carbonyl (C=O) groups excluding carboxylic acids is 1. The van der Waals surface area contributed by atoms with Crippen molar-refractivity contribution in [3.05, 3.63) is 59.1 Å². The number of amides is 1. The van der Waals surface area contributed by atoms with Crippen molar-refractivity contribution in [1.29, 1.82) is 0 Å². The van der Waals surface area contributed by atoms with Crippen molar-refractivity contribution in [3.8, 4) is 11.6 Å². The largest absolute Gasteiger partial charge is 0.419 e. The molecular formula is C17H15ClN4O2. The lowest BCUT2D eigenvalue weighted by Crippen LogP contribution is -2.12.